The molecule has 3 aromatic carbocycles. The van der Waals surface area contributed by atoms with Crippen LogP contribution in [-0.4, -0.2) is 29.0 Å². The first kappa shape index (κ1) is 21.4. The van der Waals surface area contributed by atoms with Gasteiger partial charge in [-0.05, 0) is 59.3 Å². The maximum atomic E-state index is 13.8. The van der Waals surface area contributed by atoms with Crippen molar-refractivity contribution in [2.75, 3.05) is 4.90 Å². The predicted molar refractivity (Wildman–Crippen MR) is 131 cm³/mol. The van der Waals surface area contributed by atoms with Crippen molar-refractivity contribution in [3.8, 4) is 0 Å². The number of ketones is 2. The average Bonchev–Trinajstić information content (AvgIpc) is 3.40. The summed E-state index contributed by atoms with van der Waals surface area (Å²) in [5.74, 6) is -4.38. The van der Waals surface area contributed by atoms with Crippen LogP contribution in [0.15, 0.2) is 72.8 Å². The molecule has 6 rings (SSSR count). The smallest absolute Gasteiger partial charge is 0.241 e. The SMILES string of the molecule is Cc1ccc(N2C(=O)[C@@H]3[C@@H](c4cccc(I)c4)OC4(C(=O)c5ccccc5C4=O)[C@@H]3C2=O)cc1. The number of anilines is 1. The number of halogens is 1. The van der Waals surface area contributed by atoms with Crippen molar-refractivity contribution in [1.82, 2.24) is 0 Å². The number of carbonyl (C=O) groups is 4. The molecule has 0 unspecified atom stereocenters. The lowest BCUT2D eigenvalue weighted by molar-refractivity contribution is -0.127. The Balaban J connectivity index is 1.55. The van der Waals surface area contributed by atoms with Crippen LogP contribution in [0.4, 0.5) is 5.69 Å². The largest absolute Gasteiger partial charge is 0.349 e. The summed E-state index contributed by atoms with van der Waals surface area (Å²) in [6, 6.07) is 20.9. The van der Waals surface area contributed by atoms with Crippen molar-refractivity contribution in [1.29, 1.82) is 0 Å². The number of amides is 2. The molecule has 2 amide bonds. The molecule has 168 valence electrons. The molecule has 0 aromatic heterocycles. The third kappa shape index (κ3) is 2.71. The monoisotopic (exact) mass is 563 g/mol. The molecule has 34 heavy (non-hydrogen) atoms. The molecule has 3 atom stereocenters. The molecule has 0 saturated carbocycles. The number of benzene rings is 3. The standard InChI is InChI=1S/C27H18INO5/c1-14-9-11-17(12-10-14)29-25(32)20-21(26(29)33)27(34-22(20)15-5-4-6-16(28)13-15)23(30)18-7-2-3-8-19(18)24(27)31/h2-13,20-22H,1H3/t20-,21-,22+/m0/s1. The van der Waals surface area contributed by atoms with Gasteiger partial charge >= 0.3 is 0 Å². The van der Waals surface area contributed by atoms with Crippen LogP contribution in [0.25, 0.3) is 0 Å². The Bertz CT molecular complexity index is 1380. The van der Waals surface area contributed by atoms with Crippen LogP contribution in [0, 0.1) is 22.3 Å². The molecule has 3 aromatic rings. The number of nitrogens with zero attached hydrogens (tertiary/aromatic N) is 1. The number of rotatable bonds is 2. The molecular formula is C27H18INO5. The van der Waals surface area contributed by atoms with E-state index in [1.807, 2.05) is 37.3 Å². The van der Waals surface area contributed by atoms with Crippen molar-refractivity contribution < 1.29 is 23.9 Å². The summed E-state index contributed by atoms with van der Waals surface area (Å²) in [5.41, 5.74) is 0.458. The molecule has 2 heterocycles. The Hall–Kier alpha value is -3.17. The zero-order valence-corrected chi connectivity index (χ0v) is 20.2. The van der Waals surface area contributed by atoms with E-state index in [-0.39, 0.29) is 11.1 Å². The summed E-state index contributed by atoms with van der Waals surface area (Å²) in [6.45, 7) is 1.91. The molecule has 7 heteroatoms. The average molecular weight is 563 g/mol. The minimum absolute atomic E-state index is 0.226. The molecule has 2 saturated heterocycles. The summed E-state index contributed by atoms with van der Waals surface area (Å²) in [7, 11) is 0. The van der Waals surface area contributed by atoms with Gasteiger partial charge in [0.25, 0.3) is 0 Å². The van der Waals surface area contributed by atoms with E-state index in [0.717, 1.165) is 14.0 Å². The fourth-order valence-corrected chi connectivity index (χ4v) is 6.02. The molecule has 0 radical (unpaired) electrons. The second kappa shape index (κ2) is 7.41. The highest BCUT2D eigenvalue weighted by Crippen LogP contribution is 2.57. The molecule has 2 aliphatic heterocycles. The van der Waals surface area contributed by atoms with Gasteiger partial charge < -0.3 is 4.74 Å². The van der Waals surface area contributed by atoms with E-state index < -0.39 is 46.9 Å². The number of imide groups is 1. The number of carbonyl (C=O) groups excluding carboxylic acids is 4. The molecule has 0 N–H and O–H groups in total. The van der Waals surface area contributed by atoms with Gasteiger partial charge in [0.15, 0.2) is 0 Å². The van der Waals surface area contributed by atoms with Gasteiger partial charge in [-0.3, -0.25) is 19.2 Å². The Kier molecular flexibility index (Phi) is 4.66. The number of Topliss-reactive ketones (excluding diaryl/α,β-unsaturated/α-hetero) is 2. The lowest BCUT2D eigenvalue weighted by Crippen LogP contribution is -2.51. The van der Waals surface area contributed by atoms with Crippen LogP contribution >= 0.6 is 22.6 Å². The molecule has 0 bridgehead atoms. The van der Waals surface area contributed by atoms with E-state index in [1.54, 1.807) is 42.5 Å². The van der Waals surface area contributed by atoms with E-state index in [9.17, 15) is 19.2 Å². The summed E-state index contributed by atoms with van der Waals surface area (Å²) < 4.78 is 7.21. The van der Waals surface area contributed by atoms with Crippen LogP contribution in [0.2, 0.25) is 0 Å². The Morgan fingerprint density at radius 1 is 0.824 bits per heavy atom. The lowest BCUT2D eigenvalue weighted by Gasteiger charge is -2.27. The maximum Gasteiger partial charge on any atom is 0.241 e. The predicted octanol–water partition coefficient (Wildman–Crippen LogP) is 4.29. The molecule has 3 aliphatic rings. The van der Waals surface area contributed by atoms with Gasteiger partial charge in [-0.25, -0.2) is 4.90 Å². The van der Waals surface area contributed by atoms with Crippen molar-refractivity contribution >= 4 is 51.7 Å². The summed E-state index contributed by atoms with van der Waals surface area (Å²) in [6.07, 6.45) is -0.908. The van der Waals surface area contributed by atoms with Gasteiger partial charge in [0, 0.05) is 14.7 Å². The highest BCUT2D eigenvalue weighted by Gasteiger charge is 2.74. The fraction of sp³-hybridized carbons (Fsp3) is 0.185. The number of hydrogen-bond donors (Lipinski definition) is 0. The summed E-state index contributed by atoms with van der Waals surface area (Å²) in [5, 5.41) is 0. The maximum absolute atomic E-state index is 13.8. The zero-order valence-electron chi connectivity index (χ0n) is 18.0. The minimum atomic E-state index is -2.05. The zero-order chi connectivity index (χ0) is 23.8. The van der Waals surface area contributed by atoms with Crippen LogP contribution in [0.5, 0.6) is 0 Å². The van der Waals surface area contributed by atoms with Crippen LogP contribution in [-0.2, 0) is 14.3 Å². The molecule has 1 spiro atoms. The van der Waals surface area contributed by atoms with Crippen molar-refractivity contribution in [2.24, 2.45) is 11.8 Å². The van der Waals surface area contributed by atoms with E-state index >= 15 is 0 Å². The van der Waals surface area contributed by atoms with Gasteiger partial charge in [0.1, 0.15) is 0 Å². The first-order valence-corrected chi connectivity index (χ1v) is 12.0. The molecule has 1 aliphatic carbocycles. The molecule has 2 fully saturated rings. The van der Waals surface area contributed by atoms with Gasteiger partial charge in [-0.15, -0.1) is 0 Å². The third-order valence-electron chi connectivity index (χ3n) is 6.99. The van der Waals surface area contributed by atoms with Crippen molar-refractivity contribution in [3.63, 3.8) is 0 Å². The Morgan fingerprint density at radius 2 is 1.47 bits per heavy atom. The van der Waals surface area contributed by atoms with E-state index in [4.69, 9.17) is 4.74 Å². The topological polar surface area (TPSA) is 80.8 Å². The highest BCUT2D eigenvalue weighted by molar-refractivity contribution is 14.1. The summed E-state index contributed by atoms with van der Waals surface area (Å²) >= 11 is 2.15. The van der Waals surface area contributed by atoms with Crippen LogP contribution < -0.4 is 4.90 Å². The van der Waals surface area contributed by atoms with Gasteiger partial charge in [-0.2, -0.15) is 0 Å². The molecular weight excluding hydrogens is 545 g/mol. The van der Waals surface area contributed by atoms with Gasteiger partial charge in [0.2, 0.25) is 29.0 Å². The van der Waals surface area contributed by atoms with Crippen molar-refractivity contribution in [2.45, 2.75) is 18.6 Å². The molecule has 6 nitrogen and oxygen atoms in total. The highest BCUT2D eigenvalue weighted by atomic mass is 127. The van der Waals surface area contributed by atoms with Crippen LogP contribution in [0.3, 0.4) is 0 Å². The number of ether oxygens (including phenoxy) is 1. The number of hydrogen-bond acceptors (Lipinski definition) is 5. The lowest BCUT2D eigenvalue weighted by atomic mass is 9.77. The quantitative estimate of drug-likeness (QED) is 0.264. The normalized spacial score (nSPS) is 24.8. The van der Waals surface area contributed by atoms with E-state index in [0.29, 0.717) is 11.3 Å². The fourth-order valence-electron chi connectivity index (χ4n) is 5.45. The van der Waals surface area contributed by atoms with Gasteiger partial charge in [-0.1, -0.05) is 54.1 Å². The third-order valence-corrected chi connectivity index (χ3v) is 7.66. The summed E-state index contributed by atoms with van der Waals surface area (Å²) in [4.78, 5) is 56.2. The number of aryl methyl sites for hydroxylation is 1. The Labute approximate surface area is 209 Å². The first-order chi connectivity index (χ1) is 16.3. The van der Waals surface area contributed by atoms with E-state index in [1.165, 1.54) is 0 Å². The van der Waals surface area contributed by atoms with Crippen LogP contribution in [0.1, 0.15) is 37.9 Å². The van der Waals surface area contributed by atoms with Gasteiger partial charge in [0.05, 0.1) is 23.6 Å². The first-order valence-electron chi connectivity index (χ1n) is 10.9. The van der Waals surface area contributed by atoms with Crippen molar-refractivity contribution in [3.05, 3.63) is 98.6 Å². The second-order valence-electron chi connectivity index (χ2n) is 8.88. The number of fused-ring (bicyclic) bond motifs is 3. The van der Waals surface area contributed by atoms with E-state index in [2.05, 4.69) is 22.6 Å². The minimum Gasteiger partial charge on any atom is -0.349 e. The Morgan fingerprint density at radius 3 is 2.09 bits per heavy atom. The second-order valence-corrected chi connectivity index (χ2v) is 10.1.